The first-order chi connectivity index (χ1) is 9.90. The summed E-state index contributed by atoms with van der Waals surface area (Å²) < 4.78 is 0. The molecule has 2 aromatic rings. The van der Waals surface area contributed by atoms with Crippen LogP contribution in [-0.2, 0) is 6.54 Å². The van der Waals surface area contributed by atoms with E-state index in [9.17, 15) is 14.9 Å². The Kier molecular flexibility index (Phi) is 4.37. The number of anilines is 1. The van der Waals surface area contributed by atoms with Gasteiger partial charge in [0.25, 0.3) is 0 Å². The maximum Gasteiger partial charge on any atom is 0.304 e. The maximum absolute atomic E-state index is 11.4. The van der Waals surface area contributed by atoms with Crippen LogP contribution in [0.15, 0.2) is 30.3 Å². The Balaban J connectivity index is 2.34. The highest BCUT2D eigenvalue weighted by Gasteiger charge is 2.23. The van der Waals surface area contributed by atoms with Gasteiger partial charge in [-0.3, -0.25) is 14.9 Å². The first-order valence-corrected chi connectivity index (χ1v) is 7.26. The molecule has 1 aromatic carbocycles. The molecule has 1 heterocycles. The van der Waals surface area contributed by atoms with Crippen molar-refractivity contribution in [3.8, 4) is 0 Å². The molecule has 0 spiro atoms. The predicted molar refractivity (Wildman–Crippen MR) is 84.3 cm³/mol. The summed E-state index contributed by atoms with van der Waals surface area (Å²) in [5, 5.41) is 11.7. The summed E-state index contributed by atoms with van der Waals surface area (Å²) in [5.41, 5.74) is 2.23. The van der Waals surface area contributed by atoms with Crippen molar-refractivity contribution < 1.29 is 9.72 Å². The lowest BCUT2D eigenvalue weighted by molar-refractivity contribution is -0.383. The zero-order valence-electron chi connectivity index (χ0n) is 12.1. The first kappa shape index (κ1) is 15.2. The summed E-state index contributed by atoms with van der Waals surface area (Å²) in [4.78, 5) is 24.4. The van der Waals surface area contributed by atoms with Crippen LogP contribution < -0.4 is 4.90 Å². The number of benzene rings is 1. The molecule has 1 aromatic heterocycles. The maximum atomic E-state index is 11.4. The molecule has 0 aliphatic carbocycles. The molecular formula is C15H16N2O3S. The quantitative estimate of drug-likeness (QED) is 0.479. The third-order valence-electron chi connectivity index (χ3n) is 3.25. The number of hydrogen-bond acceptors (Lipinski definition) is 5. The van der Waals surface area contributed by atoms with Gasteiger partial charge in [0.2, 0.25) is 0 Å². The zero-order valence-corrected chi connectivity index (χ0v) is 12.9. The predicted octanol–water partition coefficient (Wildman–Crippen LogP) is 3.80. The highest BCUT2D eigenvalue weighted by atomic mass is 32.1. The standard InChI is InChI=1S/C15H16N2O3S/c1-10-6-4-5-7-12(10)9-16(3)15-13(17(19)20)8-14(21-15)11(2)18/h4-8H,9H2,1-3H3. The molecule has 0 aliphatic rings. The largest absolute Gasteiger partial charge is 0.357 e. The van der Waals surface area contributed by atoms with Gasteiger partial charge in [0.1, 0.15) is 0 Å². The molecule has 0 amide bonds. The molecule has 21 heavy (non-hydrogen) atoms. The first-order valence-electron chi connectivity index (χ1n) is 6.45. The molecule has 2 rings (SSSR count). The van der Waals surface area contributed by atoms with Crippen LogP contribution in [0.25, 0.3) is 0 Å². The van der Waals surface area contributed by atoms with E-state index in [0.717, 1.165) is 22.5 Å². The highest BCUT2D eigenvalue weighted by molar-refractivity contribution is 7.18. The monoisotopic (exact) mass is 304 g/mol. The van der Waals surface area contributed by atoms with Crippen LogP contribution in [0.5, 0.6) is 0 Å². The summed E-state index contributed by atoms with van der Waals surface area (Å²) in [6.45, 7) is 3.99. The van der Waals surface area contributed by atoms with E-state index in [-0.39, 0.29) is 11.5 Å². The van der Waals surface area contributed by atoms with E-state index < -0.39 is 4.92 Å². The number of carbonyl (C=O) groups excluding carboxylic acids is 1. The van der Waals surface area contributed by atoms with Gasteiger partial charge in [-0.2, -0.15) is 0 Å². The van der Waals surface area contributed by atoms with Gasteiger partial charge in [0.05, 0.1) is 9.80 Å². The fraction of sp³-hybridized carbons (Fsp3) is 0.267. The normalized spacial score (nSPS) is 10.4. The fourth-order valence-electron chi connectivity index (χ4n) is 2.06. The number of Topliss-reactive ketones (excluding diaryl/α,β-unsaturated/α-hetero) is 1. The van der Waals surface area contributed by atoms with Crippen molar-refractivity contribution in [3.05, 3.63) is 56.5 Å². The van der Waals surface area contributed by atoms with Crippen molar-refractivity contribution in [2.24, 2.45) is 0 Å². The van der Waals surface area contributed by atoms with Crippen molar-refractivity contribution >= 4 is 27.8 Å². The third-order valence-corrected chi connectivity index (χ3v) is 4.59. The molecule has 0 aliphatic heterocycles. The summed E-state index contributed by atoms with van der Waals surface area (Å²) >= 11 is 1.16. The molecule has 0 radical (unpaired) electrons. The van der Waals surface area contributed by atoms with Crippen molar-refractivity contribution in [3.63, 3.8) is 0 Å². The van der Waals surface area contributed by atoms with Gasteiger partial charge in [-0.25, -0.2) is 0 Å². The van der Waals surface area contributed by atoms with Crippen LogP contribution in [0.2, 0.25) is 0 Å². The van der Waals surface area contributed by atoms with E-state index in [2.05, 4.69) is 0 Å². The lowest BCUT2D eigenvalue weighted by Gasteiger charge is -2.18. The van der Waals surface area contributed by atoms with Crippen molar-refractivity contribution in [1.29, 1.82) is 0 Å². The van der Waals surface area contributed by atoms with Crippen LogP contribution in [0, 0.1) is 17.0 Å². The number of rotatable bonds is 5. The van der Waals surface area contributed by atoms with Crippen LogP contribution in [0.4, 0.5) is 10.7 Å². The summed E-state index contributed by atoms with van der Waals surface area (Å²) in [6.07, 6.45) is 0. The Morgan fingerprint density at radius 2 is 2.05 bits per heavy atom. The molecular weight excluding hydrogens is 288 g/mol. The number of ketones is 1. The lowest BCUT2D eigenvalue weighted by atomic mass is 10.1. The molecule has 0 bridgehead atoms. The summed E-state index contributed by atoms with van der Waals surface area (Å²) in [6, 6.07) is 9.27. The topological polar surface area (TPSA) is 63.4 Å². The summed E-state index contributed by atoms with van der Waals surface area (Å²) in [7, 11) is 1.80. The van der Waals surface area contributed by atoms with Gasteiger partial charge in [-0.1, -0.05) is 24.3 Å². The Bertz CT molecular complexity index is 694. The number of nitrogens with zero attached hydrogens (tertiary/aromatic N) is 2. The second-order valence-corrected chi connectivity index (χ2v) is 5.93. The minimum absolute atomic E-state index is 0.0127. The van der Waals surface area contributed by atoms with Crippen molar-refractivity contribution in [2.75, 3.05) is 11.9 Å². The Hall–Kier alpha value is -2.21. The Labute approximate surface area is 127 Å². The minimum atomic E-state index is -0.438. The van der Waals surface area contributed by atoms with Gasteiger partial charge in [-0.15, -0.1) is 11.3 Å². The Morgan fingerprint density at radius 3 is 2.62 bits per heavy atom. The van der Waals surface area contributed by atoms with E-state index in [0.29, 0.717) is 16.4 Å². The fourth-order valence-corrected chi connectivity index (χ4v) is 3.05. The molecule has 0 atom stereocenters. The summed E-state index contributed by atoms with van der Waals surface area (Å²) in [5.74, 6) is -0.154. The van der Waals surface area contributed by atoms with Crippen molar-refractivity contribution in [2.45, 2.75) is 20.4 Å². The molecule has 0 unspecified atom stereocenters. The zero-order chi connectivity index (χ0) is 15.6. The number of carbonyl (C=O) groups is 1. The van der Waals surface area contributed by atoms with Crippen LogP contribution >= 0.6 is 11.3 Å². The number of thiophene rings is 1. The average molecular weight is 304 g/mol. The van der Waals surface area contributed by atoms with Crippen molar-refractivity contribution in [1.82, 2.24) is 0 Å². The molecule has 110 valence electrons. The number of aryl methyl sites for hydroxylation is 1. The second-order valence-electron chi connectivity index (χ2n) is 4.90. The average Bonchev–Trinajstić information content (AvgIpc) is 2.87. The van der Waals surface area contributed by atoms with E-state index >= 15 is 0 Å². The van der Waals surface area contributed by atoms with Gasteiger partial charge >= 0.3 is 5.69 Å². The van der Waals surface area contributed by atoms with Crippen LogP contribution in [0.3, 0.4) is 0 Å². The van der Waals surface area contributed by atoms with Gasteiger partial charge in [-0.05, 0) is 25.0 Å². The Morgan fingerprint density at radius 1 is 1.38 bits per heavy atom. The van der Waals surface area contributed by atoms with Gasteiger partial charge in [0, 0.05) is 19.7 Å². The lowest BCUT2D eigenvalue weighted by Crippen LogP contribution is -2.16. The molecule has 0 N–H and O–H groups in total. The van der Waals surface area contributed by atoms with Crippen LogP contribution in [0.1, 0.15) is 27.7 Å². The third kappa shape index (κ3) is 3.28. The van der Waals surface area contributed by atoms with Gasteiger partial charge in [0.15, 0.2) is 10.8 Å². The SMILES string of the molecule is CC(=O)c1cc([N+](=O)[O-])c(N(C)Cc2ccccc2C)s1. The molecule has 6 heteroatoms. The highest BCUT2D eigenvalue weighted by Crippen LogP contribution is 2.38. The molecule has 5 nitrogen and oxygen atoms in total. The van der Waals surface area contributed by atoms with E-state index in [1.807, 2.05) is 36.1 Å². The number of hydrogen-bond donors (Lipinski definition) is 0. The molecule has 0 saturated heterocycles. The smallest absolute Gasteiger partial charge is 0.304 e. The van der Waals surface area contributed by atoms with Gasteiger partial charge < -0.3 is 4.90 Å². The minimum Gasteiger partial charge on any atom is -0.357 e. The number of nitro groups is 1. The van der Waals surface area contributed by atoms with Crippen LogP contribution in [-0.4, -0.2) is 17.8 Å². The second kappa shape index (κ2) is 6.05. The van der Waals surface area contributed by atoms with E-state index in [1.54, 1.807) is 7.05 Å². The molecule has 0 saturated carbocycles. The van der Waals surface area contributed by atoms with E-state index in [4.69, 9.17) is 0 Å². The van der Waals surface area contributed by atoms with E-state index in [1.165, 1.54) is 13.0 Å². The molecule has 0 fully saturated rings.